The van der Waals surface area contributed by atoms with E-state index in [0.29, 0.717) is 72.8 Å². The van der Waals surface area contributed by atoms with Gasteiger partial charge in [-0.2, -0.15) is 0 Å². The summed E-state index contributed by atoms with van der Waals surface area (Å²) in [7, 11) is 1.28. The first-order valence-corrected chi connectivity index (χ1v) is 17.5. The minimum atomic E-state index is -0.975. The number of ether oxygens (including phenoxy) is 2. The van der Waals surface area contributed by atoms with Crippen LogP contribution in [0.2, 0.25) is 5.02 Å². The summed E-state index contributed by atoms with van der Waals surface area (Å²) in [4.78, 5) is 54.8. The lowest BCUT2D eigenvalue weighted by atomic mass is 9.95. The summed E-state index contributed by atoms with van der Waals surface area (Å²) in [5.41, 5.74) is 2.12. The second kappa shape index (κ2) is 14.5. The second-order valence-corrected chi connectivity index (χ2v) is 13.9. The first kappa shape index (κ1) is 34.8. The molecule has 2 N–H and O–H groups in total. The predicted molar refractivity (Wildman–Crippen MR) is 185 cm³/mol. The Kier molecular flexibility index (Phi) is 9.92. The van der Waals surface area contributed by atoms with E-state index in [1.807, 2.05) is 4.90 Å². The van der Waals surface area contributed by atoms with Gasteiger partial charge in [0.25, 0.3) is 0 Å². The molecule has 13 nitrogen and oxygen atoms in total. The van der Waals surface area contributed by atoms with Gasteiger partial charge in [0.05, 0.1) is 43.5 Å². The SMILES string of the molecule is COC(=O)C1=C(CN2CCN3C(=O)N(c4cc(F)cc(N5CCO[C@H](CC(=O)O)C5)c4)C[C@@H]3C2)NC(c2nccs2)=N[C@H]1c1ccc(F)cc1Cl. The van der Waals surface area contributed by atoms with Crippen molar-refractivity contribution in [3.05, 3.63) is 86.5 Å². The second-order valence-electron chi connectivity index (χ2n) is 12.6. The van der Waals surface area contributed by atoms with Crippen molar-refractivity contribution < 1.29 is 37.7 Å². The molecule has 2 amide bonds. The Bertz CT molecular complexity index is 1910. The van der Waals surface area contributed by atoms with E-state index >= 15 is 4.39 Å². The summed E-state index contributed by atoms with van der Waals surface area (Å²) < 4.78 is 39.9. The third kappa shape index (κ3) is 7.26. The van der Waals surface area contributed by atoms with Crippen LogP contribution < -0.4 is 15.1 Å². The molecule has 3 aromatic rings. The number of thiazole rings is 1. The molecule has 4 aliphatic heterocycles. The number of carboxylic acids is 1. The molecule has 5 heterocycles. The number of rotatable bonds is 9. The molecule has 0 bridgehead atoms. The van der Waals surface area contributed by atoms with Crippen LogP contribution in [0.3, 0.4) is 0 Å². The van der Waals surface area contributed by atoms with Crippen molar-refractivity contribution in [3.63, 3.8) is 0 Å². The van der Waals surface area contributed by atoms with Crippen LogP contribution in [-0.2, 0) is 19.1 Å². The Labute approximate surface area is 300 Å². The number of hydrogen-bond acceptors (Lipinski definition) is 11. The van der Waals surface area contributed by atoms with Crippen LogP contribution >= 0.6 is 22.9 Å². The zero-order chi connectivity index (χ0) is 35.8. The van der Waals surface area contributed by atoms with Gasteiger partial charge in [-0.05, 0) is 30.3 Å². The predicted octanol–water partition coefficient (Wildman–Crippen LogP) is 3.90. The quantitative estimate of drug-likeness (QED) is 0.311. The average Bonchev–Trinajstić information content (AvgIpc) is 3.76. The van der Waals surface area contributed by atoms with Crippen LogP contribution in [0.4, 0.5) is 25.0 Å². The van der Waals surface area contributed by atoms with E-state index in [0.717, 1.165) is 0 Å². The van der Waals surface area contributed by atoms with Crippen molar-refractivity contribution in [3.8, 4) is 0 Å². The molecule has 17 heteroatoms. The smallest absolute Gasteiger partial charge is 0.338 e. The number of amides is 2. The summed E-state index contributed by atoms with van der Waals surface area (Å²) in [6.45, 7) is 2.94. The number of nitrogens with zero attached hydrogens (tertiary/aromatic N) is 6. The topological polar surface area (TPSA) is 140 Å². The highest BCUT2D eigenvalue weighted by atomic mass is 35.5. The van der Waals surface area contributed by atoms with Gasteiger partial charge in [0.2, 0.25) is 0 Å². The van der Waals surface area contributed by atoms with Gasteiger partial charge in [-0.25, -0.2) is 23.4 Å². The van der Waals surface area contributed by atoms with Crippen LogP contribution in [0, 0.1) is 11.6 Å². The van der Waals surface area contributed by atoms with Crippen molar-refractivity contribution >= 4 is 58.1 Å². The van der Waals surface area contributed by atoms with Crippen LogP contribution in [0.1, 0.15) is 23.0 Å². The number of esters is 1. The van der Waals surface area contributed by atoms with E-state index in [-0.39, 0.29) is 42.2 Å². The molecule has 4 aliphatic rings. The standard InChI is InChI=1S/C34H34ClF2N7O6S/c1-49-33(47)29-27(39-31(32-38-4-9-51-32)40-30(29)25-3-2-19(36)12-26(25)35)18-41-5-6-43-23(15-41)16-44(34(43)48)22-11-20(37)10-21(13-22)42-7-8-50-24(17-42)14-28(45)46/h2-4,9-13,23-24,30H,5-8,14-18H2,1H3,(H,39,40)(H,45,46)/t23-,24+,30-/m0/s1. The fourth-order valence-corrected chi connectivity index (χ4v) is 7.85. The summed E-state index contributed by atoms with van der Waals surface area (Å²) in [5, 5.41) is 15.0. The number of amidine groups is 1. The average molecular weight is 742 g/mol. The highest BCUT2D eigenvalue weighted by Crippen LogP contribution is 2.37. The molecule has 0 aliphatic carbocycles. The molecule has 7 rings (SSSR count). The van der Waals surface area contributed by atoms with Crippen molar-refractivity contribution in [2.24, 2.45) is 4.99 Å². The molecule has 3 atom stereocenters. The molecule has 0 saturated carbocycles. The Hall–Kier alpha value is -4.64. The lowest BCUT2D eigenvalue weighted by Crippen LogP contribution is -2.53. The molecule has 268 valence electrons. The zero-order valence-corrected chi connectivity index (χ0v) is 29.0. The highest BCUT2D eigenvalue weighted by molar-refractivity contribution is 7.11. The fourth-order valence-electron chi connectivity index (χ4n) is 6.99. The molecule has 51 heavy (non-hydrogen) atoms. The number of methoxy groups -OCH3 is 1. The molecule has 2 aromatic carbocycles. The molecule has 0 unspecified atom stereocenters. The summed E-state index contributed by atoms with van der Waals surface area (Å²) in [5.74, 6) is -2.21. The van der Waals surface area contributed by atoms with Gasteiger partial charge in [-0.15, -0.1) is 11.3 Å². The lowest BCUT2D eigenvalue weighted by Gasteiger charge is -2.38. The number of carbonyl (C=O) groups excluding carboxylic acids is 2. The van der Waals surface area contributed by atoms with Gasteiger partial charge in [-0.1, -0.05) is 17.7 Å². The molecule has 0 radical (unpaired) electrons. The van der Waals surface area contributed by atoms with Gasteiger partial charge >= 0.3 is 18.0 Å². The summed E-state index contributed by atoms with van der Waals surface area (Å²) in [6, 6.07) is 7.01. The molecule has 3 saturated heterocycles. The minimum Gasteiger partial charge on any atom is -0.481 e. The van der Waals surface area contributed by atoms with E-state index in [2.05, 4.69) is 15.2 Å². The number of fused-ring (bicyclic) bond motifs is 1. The van der Waals surface area contributed by atoms with E-state index in [1.165, 1.54) is 48.8 Å². The number of aliphatic carboxylic acids is 1. The number of anilines is 2. The number of aromatic nitrogens is 1. The number of hydrogen-bond donors (Lipinski definition) is 2. The van der Waals surface area contributed by atoms with Gasteiger partial charge in [0.15, 0.2) is 10.8 Å². The molecular weight excluding hydrogens is 708 g/mol. The first-order valence-electron chi connectivity index (χ1n) is 16.3. The Morgan fingerprint density at radius 2 is 1.92 bits per heavy atom. The maximum Gasteiger partial charge on any atom is 0.338 e. The number of benzene rings is 2. The monoisotopic (exact) mass is 741 g/mol. The lowest BCUT2D eigenvalue weighted by molar-refractivity contribution is -0.140. The third-order valence-corrected chi connectivity index (χ3v) is 10.4. The number of carboxylic acid groups (broad SMARTS) is 1. The van der Waals surface area contributed by atoms with Crippen molar-refractivity contribution in [1.82, 2.24) is 20.1 Å². The highest BCUT2D eigenvalue weighted by Gasteiger charge is 2.43. The van der Waals surface area contributed by atoms with Gasteiger partial charge in [-0.3, -0.25) is 19.6 Å². The number of morpholine rings is 1. The number of carbonyl (C=O) groups is 3. The Morgan fingerprint density at radius 3 is 2.67 bits per heavy atom. The fraction of sp³-hybridized carbons (Fsp3) is 0.382. The molecule has 1 aromatic heterocycles. The van der Waals surface area contributed by atoms with E-state index in [1.54, 1.807) is 27.4 Å². The van der Waals surface area contributed by atoms with Crippen LogP contribution in [0.5, 0.6) is 0 Å². The maximum atomic E-state index is 15.0. The number of urea groups is 1. The number of halogens is 3. The Balaban J connectivity index is 1.12. The summed E-state index contributed by atoms with van der Waals surface area (Å²) in [6.07, 6.45) is 0.949. The van der Waals surface area contributed by atoms with Gasteiger partial charge < -0.3 is 29.7 Å². The first-order chi connectivity index (χ1) is 24.6. The number of aliphatic imine (C=N–C) groups is 1. The summed E-state index contributed by atoms with van der Waals surface area (Å²) >= 11 is 7.85. The van der Waals surface area contributed by atoms with Crippen molar-refractivity contribution in [1.29, 1.82) is 0 Å². The van der Waals surface area contributed by atoms with Crippen LogP contribution in [0.15, 0.2) is 64.2 Å². The molecular formula is C34H34ClF2N7O6S. The number of piperazine rings is 1. The van der Waals surface area contributed by atoms with E-state index < -0.39 is 35.7 Å². The van der Waals surface area contributed by atoms with Crippen molar-refractivity contribution in [2.45, 2.75) is 24.6 Å². The molecule has 0 spiro atoms. The van der Waals surface area contributed by atoms with Crippen LogP contribution in [0.25, 0.3) is 0 Å². The van der Waals surface area contributed by atoms with E-state index in [4.69, 9.17) is 26.1 Å². The van der Waals surface area contributed by atoms with E-state index in [9.17, 15) is 23.9 Å². The van der Waals surface area contributed by atoms with Crippen molar-refractivity contribution in [2.75, 3.05) is 69.3 Å². The Morgan fingerprint density at radius 1 is 1.10 bits per heavy atom. The van der Waals surface area contributed by atoms with Gasteiger partial charge in [0.1, 0.15) is 17.7 Å². The maximum absolute atomic E-state index is 15.0. The normalized spacial score (nSPS) is 22.5. The number of nitrogens with one attached hydrogen (secondary N) is 1. The zero-order valence-electron chi connectivity index (χ0n) is 27.4. The van der Waals surface area contributed by atoms with Crippen LogP contribution in [-0.4, -0.2) is 115 Å². The minimum absolute atomic E-state index is 0.109. The van der Waals surface area contributed by atoms with Gasteiger partial charge in [0, 0.05) is 79.4 Å². The largest absolute Gasteiger partial charge is 0.481 e. The molecule has 3 fully saturated rings. The third-order valence-electron chi connectivity index (χ3n) is 9.33.